The van der Waals surface area contributed by atoms with Gasteiger partial charge in [-0.25, -0.2) is 0 Å². The highest BCUT2D eigenvalue weighted by Crippen LogP contribution is 2.33. The summed E-state index contributed by atoms with van der Waals surface area (Å²) in [7, 11) is 1.73. The summed E-state index contributed by atoms with van der Waals surface area (Å²) >= 11 is 0. The first-order valence-corrected chi connectivity index (χ1v) is 6.86. The Morgan fingerprint density at radius 1 is 1.40 bits per heavy atom. The molecule has 1 heterocycles. The predicted molar refractivity (Wildman–Crippen MR) is 76.8 cm³/mol. The van der Waals surface area contributed by atoms with Crippen molar-refractivity contribution in [2.24, 2.45) is 0 Å². The highest BCUT2D eigenvalue weighted by Gasteiger charge is 2.25. The Balaban J connectivity index is 1.84. The van der Waals surface area contributed by atoms with Crippen molar-refractivity contribution in [1.82, 2.24) is 4.90 Å². The Labute approximate surface area is 118 Å². The minimum Gasteiger partial charge on any atom is -0.481 e. The third-order valence-corrected chi connectivity index (χ3v) is 3.67. The van der Waals surface area contributed by atoms with Gasteiger partial charge in [0.15, 0.2) is 0 Å². The van der Waals surface area contributed by atoms with E-state index in [1.54, 1.807) is 11.9 Å². The maximum atomic E-state index is 12.1. The summed E-state index contributed by atoms with van der Waals surface area (Å²) < 4.78 is 0. The number of carboxylic acid groups (broad SMARTS) is 1. The van der Waals surface area contributed by atoms with Gasteiger partial charge in [0.25, 0.3) is 0 Å². The summed E-state index contributed by atoms with van der Waals surface area (Å²) in [5.41, 5.74) is 2.30. The fourth-order valence-electron chi connectivity index (χ4n) is 2.50. The average Bonchev–Trinajstić information content (AvgIpc) is 2.81. The monoisotopic (exact) mass is 276 g/mol. The van der Waals surface area contributed by atoms with Crippen LogP contribution in [0.2, 0.25) is 0 Å². The number of carbonyl (C=O) groups excluding carboxylic acids is 1. The van der Waals surface area contributed by atoms with Crippen molar-refractivity contribution in [1.29, 1.82) is 0 Å². The number of para-hydroxylation sites is 1. The van der Waals surface area contributed by atoms with Gasteiger partial charge in [-0.3, -0.25) is 9.59 Å². The van der Waals surface area contributed by atoms with Crippen LogP contribution in [0, 0.1) is 0 Å². The minimum atomic E-state index is -0.820. The molecule has 0 bridgehead atoms. The zero-order valence-corrected chi connectivity index (χ0v) is 11.6. The van der Waals surface area contributed by atoms with Gasteiger partial charge in [-0.15, -0.1) is 0 Å². The SMILES string of the molecule is CN(CCCC(=O)O)C(=O)CC1CNc2ccccc21. The lowest BCUT2D eigenvalue weighted by Crippen LogP contribution is -2.29. The molecule has 1 aliphatic rings. The quantitative estimate of drug-likeness (QED) is 0.832. The van der Waals surface area contributed by atoms with Crippen LogP contribution in [0.1, 0.15) is 30.7 Å². The van der Waals surface area contributed by atoms with Gasteiger partial charge in [-0.2, -0.15) is 0 Å². The van der Waals surface area contributed by atoms with Gasteiger partial charge in [0, 0.05) is 44.6 Å². The van der Waals surface area contributed by atoms with E-state index in [-0.39, 0.29) is 18.2 Å². The van der Waals surface area contributed by atoms with Gasteiger partial charge in [-0.05, 0) is 18.1 Å². The van der Waals surface area contributed by atoms with Crippen LogP contribution in [0.15, 0.2) is 24.3 Å². The molecule has 1 aromatic carbocycles. The molecule has 0 saturated heterocycles. The van der Waals surface area contributed by atoms with Crippen LogP contribution < -0.4 is 5.32 Å². The highest BCUT2D eigenvalue weighted by atomic mass is 16.4. The number of fused-ring (bicyclic) bond motifs is 1. The zero-order chi connectivity index (χ0) is 14.5. The second-order valence-corrected chi connectivity index (χ2v) is 5.18. The van der Waals surface area contributed by atoms with Crippen LogP contribution in [-0.2, 0) is 9.59 Å². The number of rotatable bonds is 6. The minimum absolute atomic E-state index is 0.0684. The molecule has 108 valence electrons. The van der Waals surface area contributed by atoms with Gasteiger partial charge >= 0.3 is 5.97 Å². The molecule has 1 unspecified atom stereocenters. The molecule has 1 amide bonds. The molecule has 0 radical (unpaired) electrons. The van der Waals surface area contributed by atoms with Gasteiger partial charge in [0.2, 0.25) is 5.91 Å². The molecule has 20 heavy (non-hydrogen) atoms. The Bertz CT molecular complexity index is 502. The first-order valence-electron chi connectivity index (χ1n) is 6.86. The first-order chi connectivity index (χ1) is 9.58. The third-order valence-electron chi connectivity index (χ3n) is 3.67. The lowest BCUT2D eigenvalue weighted by atomic mass is 9.97. The molecule has 5 heteroatoms. The van der Waals surface area contributed by atoms with Crippen molar-refractivity contribution < 1.29 is 14.7 Å². The largest absolute Gasteiger partial charge is 0.481 e. The molecule has 1 aromatic rings. The molecule has 2 rings (SSSR count). The molecule has 2 N–H and O–H groups in total. The van der Waals surface area contributed by atoms with Crippen LogP contribution in [-0.4, -0.2) is 42.0 Å². The number of hydrogen-bond donors (Lipinski definition) is 2. The molecule has 5 nitrogen and oxygen atoms in total. The maximum absolute atomic E-state index is 12.1. The number of nitrogens with zero attached hydrogens (tertiary/aromatic N) is 1. The summed E-state index contributed by atoms with van der Waals surface area (Å²) in [6.07, 6.45) is 1.07. The molecular weight excluding hydrogens is 256 g/mol. The maximum Gasteiger partial charge on any atom is 0.303 e. The number of benzene rings is 1. The Morgan fingerprint density at radius 2 is 2.15 bits per heavy atom. The lowest BCUT2D eigenvalue weighted by molar-refractivity contribution is -0.138. The normalized spacial score (nSPS) is 16.4. The van der Waals surface area contributed by atoms with Crippen molar-refractivity contribution in [2.75, 3.05) is 25.5 Å². The van der Waals surface area contributed by atoms with E-state index < -0.39 is 5.97 Å². The van der Waals surface area contributed by atoms with E-state index in [1.165, 1.54) is 5.56 Å². The molecular formula is C15H20N2O3. The number of nitrogens with one attached hydrogen (secondary N) is 1. The van der Waals surface area contributed by atoms with Crippen LogP contribution >= 0.6 is 0 Å². The number of hydrogen-bond acceptors (Lipinski definition) is 3. The topological polar surface area (TPSA) is 69.6 Å². The van der Waals surface area contributed by atoms with Gasteiger partial charge in [0.1, 0.15) is 0 Å². The molecule has 1 aliphatic heterocycles. The standard InChI is InChI=1S/C15H20N2O3/c1-17(8-4-7-15(19)20)14(18)9-11-10-16-13-6-3-2-5-12(11)13/h2-3,5-6,11,16H,4,7-10H2,1H3,(H,19,20). The Morgan fingerprint density at radius 3 is 2.90 bits per heavy atom. The lowest BCUT2D eigenvalue weighted by Gasteiger charge is -2.19. The molecule has 1 atom stereocenters. The van der Waals surface area contributed by atoms with Gasteiger partial charge in [-0.1, -0.05) is 18.2 Å². The van der Waals surface area contributed by atoms with Crippen molar-refractivity contribution in [2.45, 2.75) is 25.2 Å². The molecule has 0 fully saturated rings. The smallest absolute Gasteiger partial charge is 0.303 e. The Kier molecular flexibility index (Phi) is 4.61. The highest BCUT2D eigenvalue weighted by molar-refractivity contribution is 5.78. The van der Waals surface area contributed by atoms with E-state index >= 15 is 0 Å². The number of carboxylic acids is 1. The number of amides is 1. The summed E-state index contributed by atoms with van der Waals surface area (Å²) in [5.74, 6) is -0.542. The van der Waals surface area contributed by atoms with Gasteiger partial charge in [0.05, 0.1) is 0 Å². The van der Waals surface area contributed by atoms with Crippen molar-refractivity contribution in [3.8, 4) is 0 Å². The second-order valence-electron chi connectivity index (χ2n) is 5.18. The molecule has 0 aliphatic carbocycles. The molecule has 0 saturated carbocycles. The average molecular weight is 276 g/mol. The van der Waals surface area contributed by atoms with Crippen LogP contribution in [0.3, 0.4) is 0 Å². The number of anilines is 1. The van der Waals surface area contributed by atoms with Crippen molar-refractivity contribution >= 4 is 17.6 Å². The van der Waals surface area contributed by atoms with Crippen LogP contribution in [0.25, 0.3) is 0 Å². The van der Waals surface area contributed by atoms with Crippen molar-refractivity contribution in [3.05, 3.63) is 29.8 Å². The van der Waals surface area contributed by atoms with E-state index in [0.717, 1.165) is 12.2 Å². The first kappa shape index (κ1) is 14.4. The summed E-state index contributed by atoms with van der Waals surface area (Å²) in [4.78, 5) is 24.2. The van der Waals surface area contributed by atoms with Crippen LogP contribution in [0.5, 0.6) is 0 Å². The van der Waals surface area contributed by atoms with E-state index in [9.17, 15) is 9.59 Å². The van der Waals surface area contributed by atoms with E-state index in [2.05, 4.69) is 11.4 Å². The van der Waals surface area contributed by atoms with E-state index in [1.807, 2.05) is 18.2 Å². The Hall–Kier alpha value is -2.04. The molecule has 0 spiro atoms. The predicted octanol–water partition coefficient (Wildman–Crippen LogP) is 1.91. The number of aliphatic carboxylic acids is 1. The summed E-state index contributed by atoms with van der Waals surface area (Å²) in [5, 5.41) is 11.9. The molecule has 0 aromatic heterocycles. The van der Waals surface area contributed by atoms with Crippen LogP contribution in [0.4, 0.5) is 5.69 Å². The fraction of sp³-hybridized carbons (Fsp3) is 0.467. The fourth-order valence-corrected chi connectivity index (χ4v) is 2.50. The zero-order valence-electron chi connectivity index (χ0n) is 11.6. The van der Waals surface area contributed by atoms with E-state index in [0.29, 0.717) is 19.4 Å². The summed E-state index contributed by atoms with van der Waals surface area (Å²) in [6.45, 7) is 1.28. The van der Waals surface area contributed by atoms with Gasteiger partial charge < -0.3 is 15.3 Å². The van der Waals surface area contributed by atoms with Crippen molar-refractivity contribution in [3.63, 3.8) is 0 Å². The summed E-state index contributed by atoms with van der Waals surface area (Å²) in [6, 6.07) is 8.04. The van der Waals surface area contributed by atoms with E-state index in [4.69, 9.17) is 5.11 Å². The number of carbonyl (C=O) groups is 2. The second kappa shape index (κ2) is 6.41. The third kappa shape index (κ3) is 3.50.